The molecule has 0 aliphatic carbocycles. The first-order chi connectivity index (χ1) is 4.24. The number of nitrogens with zero attached hydrogens (tertiary/aromatic N) is 1. The Labute approximate surface area is 54.6 Å². The van der Waals surface area contributed by atoms with Crippen LogP contribution in [0.4, 0.5) is 4.79 Å². The summed E-state index contributed by atoms with van der Waals surface area (Å²) in [5.41, 5.74) is 0. The predicted octanol–water partition coefficient (Wildman–Crippen LogP) is 0.847. The fourth-order valence-electron chi connectivity index (χ4n) is 0.862. The van der Waals surface area contributed by atoms with Crippen molar-refractivity contribution in [1.29, 1.82) is 0 Å². The maximum atomic E-state index is 10.6. The number of rotatable bonds is 1. The van der Waals surface area contributed by atoms with E-state index in [9.17, 15) is 4.79 Å². The zero-order chi connectivity index (χ0) is 6.85. The molecule has 1 rings (SSSR count). The van der Waals surface area contributed by atoms with Crippen molar-refractivity contribution in [1.82, 2.24) is 4.90 Å². The van der Waals surface area contributed by atoms with Crippen LogP contribution in [0.5, 0.6) is 0 Å². The fourth-order valence-corrected chi connectivity index (χ4v) is 0.862. The van der Waals surface area contributed by atoms with Gasteiger partial charge in [0, 0.05) is 7.05 Å². The lowest BCUT2D eigenvalue weighted by molar-refractivity contribution is 0.132. The average molecular weight is 129 g/mol. The molecule has 3 nitrogen and oxygen atoms in total. The van der Waals surface area contributed by atoms with E-state index in [2.05, 4.69) is 0 Å². The quantitative estimate of drug-likeness (QED) is 0.525. The topological polar surface area (TPSA) is 29.5 Å². The van der Waals surface area contributed by atoms with Crippen LogP contribution >= 0.6 is 0 Å². The second-order valence-corrected chi connectivity index (χ2v) is 2.29. The molecule has 0 aromatic carbocycles. The van der Waals surface area contributed by atoms with Crippen LogP contribution in [0.25, 0.3) is 0 Å². The molecule has 1 saturated heterocycles. The van der Waals surface area contributed by atoms with Gasteiger partial charge in [0.25, 0.3) is 0 Å². The Morgan fingerprint density at radius 1 is 1.89 bits per heavy atom. The number of carbonyl (C=O) groups excluding carboxylic acids is 1. The number of amides is 1. The molecule has 1 heterocycles. The van der Waals surface area contributed by atoms with E-state index in [1.165, 1.54) is 0 Å². The second kappa shape index (κ2) is 2.25. The summed E-state index contributed by atoms with van der Waals surface area (Å²) in [6, 6.07) is 0. The van der Waals surface area contributed by atoms with E-state index in [0.29, 0.717) is 0 Å². The van der Waals surface area contributed by atoms with E-state index < -0.39 is 0 Å². The highest BCUT2D eigenvalue weighted by molar-refractivity contribution is 5.69. The van der Waals surface area contributed by atoms with Gasteiger partial charge in [-0.3, -0.25) is 0 Å². The van der Waals surface area contributed by atoms with Gasteiger partial charge in [0.05, 0.1) is 6.54 Å². The van der Waals surface area contributed by atoms with E-state index >= 15 is 0 Å². The zero-order valence-corrected chi connectivity index (χ0v) is 5.76. The van der Waals surface area contributed by atoms with Crippen LogP contribution in [-0.2, 0) is 4.74 Å². The predicted molar refractivity (Wildman–Crippen MR) is 33.2 cm³/mol. The van der Waals surface area contributed by atoms with Gasteiger partial charge in [0.15, 0.2) is 0 Å². The Morgan fingerprint density at radius 2 is 2.56 bits per heavy atom. The molecule has 0 aromatic rings. The van der Waals surface area contributed by atoms with Gasteiger partial charge in [0.1, 0.15) is 6.10 Å². The van der Waals surface area contributed by atoms with Gasteiger partial charge >= 0.3 is 6.09 Å². The molecule has 1 amide bonds. The van der Waals surface area contributed by atoms with Crippen molar-refractivity contribution in [3.63, 3.8) is 0 Å². The Balaban J connectivity index is 2.44. The molecule has 0 N–H and O–H groups in total. The van der Waals surface area contributed by atoms with E-state index in [1.54, 1.807) is 11.9 Å². The lowest BCUT2D eigenvalue weighted by Crippen LogP contribution is -2.18. The van der Waals surface area contributed by atoms with Crippen molar-refractivity contribution in [2.24, 2.45) is 0 Å². The van der Waals surface area contributed by atoms with Crippen LogP contribution in [0, 0.1) is 0 Å². The summed E-state index contributed by atoms with van der Waals surface area (Å²) in [5, 5.41) is 0. The number of likely N-dealkylation sites (N-methyl/N-ethyl adjacent to an activating group) is 1. The summed E-state index contributed by atoms with van der Waals surface area (Å²) in [7, 11) is 1.75. The molecule has 0 unspecified atom stereocenters. The van der Waals surface area contributed by atoms with Crippen LogP contribution in [0.1, 0.15) is 13.3 Å². The lowest BCUT2D eigenvalue weighted by Gasteiger charge is -2.01. The molecule has 0 spiro atoms. The van der Waals surface area contributed by atoms with Gasteiger partial charge in [-0.1, -0.05) is 6.92 Å². The average Bonchev–Trinajstić information content (AvgIpc) is 2.13. The molecule has 3 heteroatoms. The first-order valence-corrected chi connectivity index (χ1v) is 3.15. The smallest absolute Gasteiger partial charge is 0.409 e. The van der Waals surface area contributed by atoms with E-state index in [0.717, 1.165) is 13.0 Å². The van der Waals surface area contributed by atoms with Crippen molar-refractivity contribution in [2.75, 3.05) is 13.6 Å². The SMILES string of the molecule is CC[C@H]1CN(C)C(=O)O1. The van der Waals surface area contributed by atoms with Gasteiger partial charge in [-0.15, -0.1) is 0 Å². The third-order valence-electron chi connectivity index (χ3n) is 1.51. The molecule has 0 radical (unpaired) electrons. The molecule has 0 saturated carbocycles. The van der Waals surface area contributed by atoms with E-state index in [-0.39, 0.29) is 12.2 Å². The zero-order valence-electron chi connectivity index (χ0n) is 5.76. The van der Waals surface area contributed by atoms with Gasteiger partial charge in [-0.25, -0.2) is 4.79 Å². The standard InChI is InChI=1S/C6H11NO2/c1-3-5-4-7(2)6(8)9-5/h5H,3-4H2,1-2H3/t5-/m0/s1. The van der Waals surface area contributed by atoms with Crippen molar-refractivity contribution >= 4 is 6.09 Å². The summed E-state index contributed by atoms with van der Waals surface area (Å²) in [6.07, 6.45) is 0.847. The minimum Gasteiger partial charge on any atom is -0.444 e. The normalized spacial score (nSPS) is 26.7. The molecule has 1 fully saturated rings. The molecule has 0 bridgehead atoms. The van der Waals surface area contributed by atoms with Crippen LogP contribution in [0.2, 0.25) is 0 Å². The monoisotopic (exact) mass is 129 g/mol. The van der Waals surface area contributed by atoms with Crippen molar-refractivity contribution in [2.45, 2.75) is 19.4 Å². The minimum absolute atomic E-state index is 0.127. The van der Waals surface area contributed by atoms with Gasteiger partial charge in [-0.05, 0) is 6.42 Å². The molecule has 1 aliphatic rings. The molecular weight excluding hydrogens is 118 g/mol. The third kappa shape index (κ3) is 1.15. The van der Waals surface area contributed by atoms with Crippen LogP contribution < -0.4 is 0 Å². The molecule has 1 atom stereocenters. The summed E-state index contributed by atoms with van der Waals surface area (Å²) in [6.45, 7) is 2.76. The third-order valence-corrected chi connectivity index (χ3v) is 1.51. The van der Waals surface area contributed by atoms with Gasteiger partial charge < -0.3 is 9.64 Å². The largest absolute Gasteiger partial charge is 0.444 e. The van der Waals surface area contributed by atoms with Crippen molar-refractivity contribution in [3.05, 3.63) is 0 Å². The molecule has 52 valence electrons. The minimum atomic E-state index is -0.193. The summed E-state index contributed by atoms with van der Waals surface area (Å²) in [5.74, 6) is 0. The highest BCUT2D eigenvalue weighted by Crippen LogP contribution is 2.10. The lowest BCUT2D eigenvalue weighted by atomic mass is 10.3. The van der Waals surface area contributed by atoms with Crippen molar-refractivity contribution in [3.8, 4) is 0 Å². The van der Waals surface area contributed by atoms with Gasteiger partial charge in [-0.2, -0.15) is 0 Å². The van der Waals surface area contributed by atoms with E-state index in [1.807, 2.05) is 6.92 Å². The fraction of sp³-hybridized carbons (Fsp3) is 0.833. The second-order valence-electron chi connectivity index (χ2n) is 2.29. The maximum absolute atomic E-state index is 10.6. The van der Waals surface area contributed by atoms with Crippen LogP contribution in [0.15, 0.2) is 0 Å². The maximum Gasteiger partial charge on any atom is 0.409 e. The van der Waals surface area contributed by atoms with Gasteiger partial charge in [0.2, 0.25) is 0 Å². The summed E-state index contributed by atoms with van der Waals surface area (Å²) >= 11 is 0. The highest BCUT2D eigenvalue weighted by atomic mass is 16.6. The molecule has 9 heavy (non-hydrogen) atoms. The Kier molecular flexibility index (Phi) is 1.60. The Bertz CT molecular complexity index is 124. The first kappa shape index (κ1) is 6.39. The number of cyclic esters (lactones) is 1. The Hall–Kier alpha value is -0.730. The number of hydrogen-bond donors (Lipinski definition) is 0. The molecular formula is C6H11NO2. The first-order valence-electron chi connectivity index (χ1n) is 3.15. The van der Waals surface area contributed by atoms with Crippen LogP contribution in [-0.4, -0.2) is 30.7 Å². The highest BCUT2D eigenvalue weighted by Gasteiger charge is 2.25. The number of hydrogen-bond acceptors (Lipinski definition) is 2. The van der Waals surface area contributed by atoms with Crippen LogP contribution in [0.3, 0.4) is 0 Å². The number of ether oxygens (including phenoxy) is 1. The molecule has 1 aliphatic heterocycles. The number of carbonyl (C=O) groups is 1. The Morgan fingerprint density at radius 3 is 2.78 bits per heavy atom. The van der Waals surface area contributed by atoms with Crippen molar-refractivity contribution < 1.29 is 9.53 Å². The molecule has 0 aromatic heterocycles. The summed E-state index contributed by atoms with van der Waals surface area (Å²) < 4.78 is 4.91. The van der Waals surface area contributed by atoms with E-state index in [4.69, 9.17) is 4.74 Å². The summed E-state index contributed by atoms with van der Waals surface area (Å²) in [4.78, 5) is 12.2.